The number of nitrogens with zero attached hydrogens (tertiary/aromatic N) is 5. The first-order valence-electron chi connectivity index (χ1n) is 11.8. The van der Waals surface area contributed by atoms with Gasteiger partial charge in [-0.05, 0) is 50.6 Å². The minimum Gasteiger partial charge on any atom is -0.483 e. The summed E-state index contributed by atoms with van der Waals surface area (Å²) in [6.07, 6.45) is 1.39. The monoisotopic (exact) mass is 518 g/mol. The normalized spacial score (nSPS) is 11.8. The molecule has 0 saturated heterocycles. The van der Waals surface area contributed by atoms with E-state index in [1.54, 1.807) is 24.7 Å². The predicted molar refractivity (Wildman–Crippen MR) is 146 cm³/mol. The van der Waals surface area contributed by atoms with E-state index in [9.17, 15) is 9.59 Å². The Kier molecular flexibility index (Phi) is 7.98. The highest BCUT2D eigenvalue weighted by molar-refractivity contribution is 7.99. The van der Waals surface area contributed by atoms with Gasteiger partial charge < -0.3 is 10.1 Å². The third-order valence-corrected chi connectivity index (χ3v) is 6.84. The number of ether oxygens (including phenoxy) is 1. The molecule has 0 fully saturated rings. The molecule has 2 heterocycles. The van der Waals surface area contributed by atoms with E-state index in [0.29, 0.717) is 23.2 Å². The first kappa shape index (κ1) is 26.0. The van der Waals surface area contributed by atoms with Crippen LogP contribution in [0, 0.1) is 13.8 Å². The van der Waals surface area contributed by atoms with E-state index < -0.39 is 0 Å². The lowest BCUT2D eigenvalue weighted by Gasteiger charge is -2.16. The number of carbonyl (C=O) groups excluding carboxylic acids is 1. The highest BCUT2D eigenvalue weighted by Gasteiger charge is 2.21. The Balaban J connectivity index is 1.47. The fourth-order valence-corrected chi connectivity index (χ4v) is 4.73. The van der Waals surface area contributed by atoms with Crippen LogP contribution in [0.2, 0.25) is 0 Å². The molecule has 0 bridgehead atoms. The van der Waals surface area contributed by atoms with Crippen molar-refractivity contribution < 1.29 is 9.53 Å². The third-order valence-electron chi connectivity index (χ3n) is 5.87. The molecule has 0 aliphatic carbocycles. The van der Waals surface area contributed by atoms with Gasteiger partial charge in [0, 0.05) is 13.6 Å². The fraction of sp³-hybridized carbons (Fsp3) is 0.259. The van der Waals surface area contributed by atoms with Gasteiger partial charge in [0.1, 0.15) is 11.4 Å². The molecule has 1 amide bonds. The number of hydrogen-bond donors (Lipinski definition) is 1. The summed E-state index contributed by atoms with van der Waals surface area (Å²) in [4.78, 5) is 25.9. The van der Waals surface area contributed by atoms with Gasteiger partial charge in [-0.25, -0.2) is 4.68 Å². The van der Waals surface area contributed by atoms with Crippen molar-refractivity contribution in [3.63, 3.8) is 0 Å². The maximum absolute atomic E-state index is 13.1. The number of aryl methyl sites for hydroxylation is 1. The van der Waals surface area contributed by atoms with Crippen LogP contribution < -0.4 is 15.6 Å². The molecule has 4 rings (SSSR count). The summed E-state index contributed by atoms with van der Waals surface area (Å²) >= 11 is 1.24. The number of amides is 1. The van der Waals surface area contributed by atoms with Gasteiger partial charge in [-0.15, -0.1) is 16.8 Å². The SMILES string of the molecule is C=CCn1c(SCC(=O)Nc2c(C)n(C)n(-c3ccccc3)c2=O)nnc1C(C)Oc1cccc(C)c1. The lowest BCUT2D eigenvalue weighted by atomic mass is 10.2. The van der Waals surface area contributed by atoms with Gasteiger partial charge in [0.05, 0.1) is 17.1 Å². The number of thioether (sulfide) groups is 1. The number of nitrogens with one attached hydrogen (secondary N) is 1. The van der Waals surface area contributed by atoms with E-state index in [4.69, 9.17) is 4.74 Å². The quantitative estimate of drug-likeness (QED) is 0.246. The van der Waals surface area contributed by atoms with Crippen molar-refractivity contribution in [3.8, 4) is 11.4 Å². The highest BCUT2D eigenvalue weighted by atomic mass is 32.2. The van der Waals surface area contributed by atoms with Gasteiger partial charge in [0.2, 0.25) is 5.91 Å². The molecular formula is C27H30N6O3S. The Morgan fingerprint density at radius 3 is 2.62 bits per heavy atom. The number of aromatic nitrogens is 5. The summed E-state index contributed by atoms with van der Waals surface area (Å²) in [6.45, 7) is 10.0. The van der Waals surface area contributed by atoms with Gasteiger partial charge in [-0.1, -0.05) is 48.2 Å². The lowest BCUT2D eigenvalue weighted by Crippen LogP contribution is -2.23. The van der Waals surface area contributed by atoms with Gasteiger partial charge in [-0.3, -0.25) is 18.8 Å². The van der Waals surface area contributed by atoms with Crippen LogP contribution in [0.4, 0.5) is 5.69 Å². The van der Waals surface area contributed by atoms with Crippen molar-refractivity contribution in [3.05, 3.63) is 94.7 Å². The molecule has 2 aromatic heterocycles. The largest absolute Gasteiger partial charge is 0.483 e. The number of benzene rings is 2. The molecule has 0 saturated carbocycles. The summed E-state index contributed by atoms with van der Waals surface area (Å²) in [5.74, 6) is 1.12. The van der Waals surface area contributed by atoms with Crippen LogP contribution in [-0.4, -0.2) is 35.8 Å². The van der Waals surface area contributed by atoms with Crippen molar-refractivity contribution >= 4 is 23.4 Å². The minimum absolute atomic E-state index is 0.0570. The summed E-state index contributed by atoms with van der Waals surface area (Å²) in [6, 6.07) is 17.1. The van der Waals surface area contributed by atoms with E-state index in [-0.39, 0.29) is 29.0 Å². The van der Waals surface area contributed by atoms with Crippen molar-refractivity contribution in [2.24, 2.45) is 7.05 Å². The molecule has 0 aliphatic heterocycles. The van der Waals surface area contributed by atoms with Gasteiger partial charge in [0.15, 0.2) is 17.1 Å². The van der Waals surface area contributed by atoms with Crippen molar-refractivity contribution in [2.45, 2.75) is 38.6 Å². The van der Waals surface area contributed by atoms with Crippen molar-refractivity contribution in [1.29, 1.82) is 0 Å². The first-order valence-corrected chi connectivity index (χ1v) is 12.8. The molecule has 192 valence electrons. The molecule has 4 aromatic rings. The van der Waals surface area contributed by atoms with E-state index in [2.05, 4.69) is 22.1 Å². The van der Waals surface area contributed by atoms with Crippen LogP contribution in [-0.2, 0) is 18.4 Å². The molecule has 0 spiro atoms. The minimum atomic E-state index is -0.360. The van der Waals surface area contributed by atoms with Crippen LogP contribution in [0.25, 0.3) is 5.69 Å². The smallest absolute Gasteiger partial charge is 0.295 e. The molecule has 1 N–H and O–H groups in total. The van der Waals surface area contributed by atoms with Crippen molar-refractivity contribution in [2.75, 3.05) is 11.1 Å². The van der Waals surface area contributed by atoms with E-state index in [1.807, 2.05) is 73.0 Å². The molecule has 0 aliphatic rings. The topological polar surface area (TPSA) is 96.0 Å². The summed E-state index contributed by atoms with van der Waals surface area (Å²) < 4.78 is 11.2. The molecule has 1 unspecified atom stereocenters. The molecule has 10 heteroatoms. The fourth-order valence-electron chi connectivity index (χ4n) is 3.97. The van der Waals surface area contributed by atoms with E-state index in [1.165, 1.54) is 16.4 Å². The van der Waals surface area contributed by atoms with E-state index >= 15 is 0 Å². The Morgan fingerprint density at radius 1 is 1.16 bits per heavy atom. The zero-order chi connectivity index (χ0) is 26.5. The zero-order valence-corrected chi connectivity index (χ0v) is 22.2. The second kappa shape index (κ2) is 11.3. The standard InChI is InChI=1S/C27H30N6O3S/c1-6-15-32-25(20(4)36-22-14-10-11-18(2)16-22)29-30-27(32)37-17-23(34)28-24-19(3)31(5)33(26(24)35)21-12-8-7-9-13-21/h6-14,16,20H,1,15,17H2,2-5H3,(H,28,34). The van der Waals surface area contributed by atoms with Gasteiger partial charge in [-0.2, -0.15) is 0 Å². The first-order chi connectivity index (χ1) is 17.8. The molecule has 2 aromatic carbocycles. The maximum atomic E-state index is 13.1. The third kappa shape index (κ3) is 5.69. The number of carbonyl (C=O) groups is 1. The maximum Gasteiger partial charge on any atom is 0.295 e. The average Bonchev–Trinajstić information content (AvgIpc) is 3.37. The molecule has 9 nitrogen and oxygen atoms in total. The average molecular weight is 519 g/mol. The van der Waals surface area contributed by atoms with Crippen LogP contribution >= 0.6 is 11.8 Å². The van der Waals surface area contributed by atoms with Gasteiger partial charge in [0.25, 0.3) is 5.56 Å². The Hall–Kier alpha value is -4.05. The predicted octanol–water partition coefficient (Wildman–Crippen LogP) is 4.44. The van der Waals surface area contributed by atoms with Crippen LogP contribution in [0.3, 0.4) is 0 Å². The summed E-state index contributed by atoms with van der Waals surface area (Å²) in [7, 11) is 1.79. The van der Waals surface area contributed by atoms with Crippen LogP contribution in [0.15, 0.2) is 77.2 Å². The zero-order valence-electron chi connectivity index (χ0n) is 21.3. The van der Waals surface area contributed by atoms with Crippen molar-refractivity contribution in [1.82, 2.24) is 24.1 Å². The molecular weight excluding hydrogens is 488 g/mol. The molecule has 0 radical (unpaired) electrons. The number of rotatable bonds is 10. The Morgan fingerprint density at radius 2 is 1.92 bits per heavy atom. The molecule has 37 heavy (non-hydrogen) atoms. The Labute approximate surface area is 219 Å². The number of hydrogen-bond acceptors (Lipinski definition) is 6. The Bertz CT molecular complexity index is 1470. The second-order valence-electron chi connectivity index (χ2n) is 8.59. The summed E-state index contributed by atoms with van der Waals surface area (Å²) in [5.41, 5.74) is 2.45. The van der Waals surface area contributed by atoms with Gasteiger partial charge >= 0.3 is 0 Å². The molecule has 1 atom stereocenters. The highest BCUT2D eigenvalue weighted by Crippen LogP contribution is 2.25. The van der Waals surface area contributed by atoms with E-state index in [0.717, 1.165) is 17.0 Å². The number of para-hydroxylation sites is 1. The number of anilines is 1. The lowest BCUT2D eigenvalue weighted by molar-refractivity contribution is -0.113. The van der Waals surface area contributed by atoms with Crippen LogP contribution in [0.1, 0.15) is 30.1 Å². The number of allylic oxidation sites excluding steroid dienone is 1. The van der Waals surface area contributed by atoms with Crippen LogP contribution in [0.5, 0.6) is 5.75 Å². The second-order valence-corrected chi connectivity index (χ2v) is 9.53. The summed E-state index contributed by atoms with van der Waals surface area (Å²) in [5, 5.41) is 12.0.